The maximum absolute atomic E-state index is 12.3. The summed E-state index contributed by atoms with van der Waals surface area (Å²) in [6, 6.07) is 6.45. The molecule has 0 spiro atoms. The van der Waals surface area contributed by atoms with Crippen molar-refractivity contribution in [1.29, 1.82) is 0 Å². The van der Waals surface area contributed by atoms with Crippen LogP contribution in [0.4, 0.5) is 0 Å². The van der Waals surface area contributed by atoms with Crippen molar-refractivity contribution in [2.24, 2.45) is 5.41 Å². The van der Waals surface area contributed by atoms with E-state index in [0.717, 1.165) is 11.0 Å². The van der Waals surface area contributed by atoms with Crippen molar-refractivity contribution in [1.82, 2.24) is 4.90 Å². The van der Waals surface area contributed by atoms with E-state index in [1.54, 1.807) is 0 Å². The summed E-state index contributed by atoms with van der Waals surface area (Å²) >= 11 is 3.48. The van der Waals surface area contributed by atoms with Crippen LogP contribution in [0.5, 0.6) is 0 Å². The first-order valence-corrected chi connectivity index (χ1v) is 6.69. The summed E-state index contributed by atoms with van der Waals surface area (Å²) in [4.78, 5) is 14.3. The van der Waals surface area contributed by atoms with E-state index in [-0.39, 0.29) is 17.4 Å². The van der Waals surface area contributed by atoms with Crippen LogP contribution in [0.25, 0.3) is 0 Å². The third-order valence-electron chi connectivity index (χ3n) is 3.27. The molecule has 1 aliphatic heterocycles. The number of hydrogen-bond acceptors (Lipinski definition) is 1. The van der Waals surface area contributed by atoms with E-state index in [1.807, 2.05) is 31.7 Å². The van der Waals surface area contributed by atoms with Crippen LogP contribution < -0.4 is 0 Å². The molecule has 0 bridgehead atoms. The van der Waals surface area contributed by atoms with Gasteiger partial charge in [-0.25, -0.2) is 0 Å². The maximum Gasteiger partial charge on any atom is 0.228 e. The molecule has 0 fully saturated rings. The standard InChI is InChI=1S/C14H18BrNO/c1-9-12-6-5-11(15)7-10(12)8-16(9)13(17)14(2,3)4/h5-7,9H,8H2,1-4H3. The summed E-state index contributed by atoms with van der Waals surface area (Å²) in [5.41, 5.74) is 2.21. The zero-order chi connectivity index (χ0) is 12.8. The van der Waals surface area contributed by atoms with Crippen LogP contribution in [-0.4, -0.2) is 10.8 Å². The van der Waals surface area contributed by atoms with Crippen LogP contribution in [0, 0.1) is 5.41 Å². The minimum atomic E-state index is -0.312. The molecule has 0 saturated heterocycles. The highest BCUT2D eigenvalue weighted by atomic mass is 79.9. The molecule has 1 unspecified atom stereocenters. The number of halogens is 1. The molecule has 3 heteroatoms. The van der Waals surface area contributed by atoms with Crippen molar-refractivity contribution in [3.63, 3.8) is 0 Å². The Morgan fingerprint density at radius 2 is 2.06 bits per heavy atom. The highest BCUT2D eigenvalue weighted by Gasteiger charge is 2.35. The normalized spacial score (nSPS) is 19.4. The second kappa shape index (κ2) is 4.13. The fourth-order valence-corrected chi connectivity index (χ4v) is 2.69. The predicted molar refractivity (Wildman–Crippen MR) is 72.6 cm³/mol. The van der Waals surface area contributed by atoms with Gasteiger partial charge in [-0.1, -0.05) is 42.8 Å². The lowest BCUT2D eigenvalue weighted by atomic mass is 9.94. The van der Waals surface area contributed by atoms with E-state index in [1.165, 1.54) is 11.1 Å². The first kappa shape index (κ1) is 12.6. The molecule has 0 aromatic heterocycles. The SMILES string of the molecule is CC1c2ccc(Br)cc2CN1C(=O)C(C)(C)C. The van der Waals surface area contributed by atoms with Crippen molar-refractivity contribution in [3.8, 4) is 0 Å². The van der Waals surface area contributed by atoms with Crippen molar-refractivity contribution in [3.05, 3.63) is 33.8 Å². The molecule has 1 aromatic rings. The number of nitrogens with zero attached hydrogens (tertiary/aromatic N) is 1. The lowest BCUT2D eigenvalue weighted by Gasteiger charge is -2.29. The second-order valence-corrected chi connectivity index (χ2v) is 6.62. The minimum absolute atomic E-state index is 0.185. The van der Waals surface area contributed by atoms with Gasteiger partial charge >= 0.3 is 0 Å². The minimum Gasteiger partial charge on any atom is -0.331 e. The monoisotopic (exact) mass is 295 g/mol. The van der Waals surface area contributed by atoms with E-state index in [2.05, 4.69) is 35.0 Å². The summed E-state index contributed by atoms with van der Waals surface area (Å²) in [6.07, 6.45) is 0. The van der Waals surface area contributed by atoms with Crippen LogP contribution in [-0.2, 0) is 11.3 Å². The Hall–Kier alpha value is -0.830. The molecule has 1 aliphatic rings. The lowest BCUT2D eigenvalue weighted by Crippen LogP contribution is -2.37. The number of fused-ring (bicyclic) bond motifs is 1. The topological polar surface area (TPSA) is 20.3 Å². The zero-order valence-electron chi connectivity index (χ0n) is 10.7. The van der Waals surface area contributed by atoms with E-state index in [0.29, 0.717) is 0 Å². The summed E-state index contributed by atoms with van der Waals surface area (Å²) in [5, 5.41) is 0. The molecule has 1 heterocycles. The molecule has 17 heavy (non-hydrogen) atoms. The van der Waals surface area contributed by atoms with E-state index in [9.17, 15) is 4.79 Å². The van der Waals surface area contributed by atoms with Crippen LogP contribution in [0.3, 0.4) is 0 Å². The van der Waals surface area contributed by atoms with Gasteiger partial charge in [0, 0.05) is 16.4 Å². The molecule has 0 radical (unpaired) electrons. The zero-order valence-corrected chi connectivity index (χ0v) is 12.3. The molecule has 1 atom stereocenters. The van der Waals surface area contributed by atoms with Crippen molar-refractivity contribution in [2.75, 3.05) is 0 Å². The summed E-state index contributed by atoms with van der Waals surface area (Å²) in [5.74, 6) is 0.220. The predicted octanol–water partition coefficient (Wildman–Crippen LogP) is 3.90. The van der Waals surface area contributed by atoms with Crippen LogP contribution in [0.2, 0.25) is 0 Å². The Morgan fingerprint density at radius 1 is 1.41 bits per heavy atom. The largest absolute Gasteiger partial charge is 0.331 e. The molecule has 2 nitrogen and oxygen atoms in total. The number of carbonyl (C=O) groups excluding carboxylic acids is 1. The van der Waals surface area contributed by atoms with Gasteiger partial charge in [0.2, 0.25) is 5.91 Å². The van der Waals surface area contributed by atoms with Crippen molar-refractivity contribution in [2.45, 2.75) is 40.3 Å². The lowest BCUT2D eigenvalue weighted by molar-refractivity contribution is -0.141. The summed E-state index contributed by atoms with van der Waals surface area (Å²) in [7, 11) is 0. The van der Waals surface area contributed by atoms with Crippen molar-refractivity contribution < 1.29 is 4.79 Å². The second-order valence-electron chi connectivity index (χ2n) is 5.70. The van der Waals surface area contributed by atoms with Gasteiger partial charge in [-0.2, -0.15) is 0 Å². The first-order valence-electron chi connectivity index (χ1n) is 5.90. The van der Waals surface area contributed by atoms with E-state index >= 15 is 0 Å². The Balaban J connectivity index is 2.31. The molecule has 0 N–H and O–H groups in total. The molecule has 1 amide bonds. The number of benzene rings is 1. The number of carbonyl (C=O) groups is 1. The highest BCUT2D eigenvalue weighted by Crippen LogP contribution is 2.37. The molecular formula is C14H18BrNO. The third-order valence-corrected chi connectivity index (χ3v) is 3.76. The van der Waals surface area contributed by atoms with E-state index < -0.39 is 0 Å². The van der Waals surface area contributed by atoms with E-state index in [4.69, 9.17) is 0 Å². The third kappa shape index (κ3) is 2.25. The van der Waals surface area contributed by atoms with Gasteiger partial charge in [0.1, 0.15) is 0 Å². The molecule has 2 rings (SSSR count). The Labute approximate surface area is 111 Å². The van der Waals surface area contributed by atoms with Crippen molar-refractivity contribution >= 4 is 21.8 Å². The van der Waals surface area contributed by atoms with Crippen LogP contribution in [0.1, 0.15) is 44.9 Å². The molecular weight excluding hydrogens is 278 g/mol. The summed E-state index contributed by atoms with van der Waals surface area (Å²) < 4.78 is 1.08. The Kier molecular flexibility index (Phi) is 3.06. The average Bonchev–Trinajstić information content (AvgIpc) is 2.53. The number of hydrogen-bond donors (Lipinski definition) is 0. The average molecular weight is 296 g/mol. The van der Waals surface area contributed by atoms with Crippen LogP contribution in [0.15, 0.2) is 22.7 Å². The van der Waals surface area contributed by atoms with Gasteiger partial charge < -0.3 is 4.90 Å². The number of amides is 1. The number of rotatable bonds is 0. The highest BCUT2D eigenvalue weighted by molar-refractivity contribution is 9.10. The molecule has 92 valence electrons. The van der Waals surface area contributed by atoms with Gasteiger partial charge in [0.25, 0.3) is 0 Å². The summed E-state index contributed by atoms with van der Waals surface area (Å²) in [6.45, 7) is 8.75. The van der Waals surface area contributed by atoms with Gasteiger partial charge in [-0.15, -0.1) is 0 Å². The molecule has 1 aromatic carbocycles. The fraction of sp³-hybridized carbons (Fsp3) is 0.500. The molecule has 0 saturated carbocycles. The van der Waals surface area contributed by atoms with Crippen LogP contribution >= 0.6 is 15.9 Å². The first-order chi connectivity index (χ1) is 7.80. The quantitative estimate of drug-likeness (QED) is 0.711. The van der Waals surface area contributed by atoms with Gasteiger partial charge in [0.05, 0.1) is 6.04 Å². The molecule has 0 aliphatic carbocycles. The Bertz CT molecular complexity index is 462. The maximum atomic E-state index is 12.3. The van der Waals surface area contributed by atoms with Gasteiger partial charge in [0.15, 0.2) is 0 Å². The van der Waals surface area contributed by atoms with Gasteiger partial charge in [-0.3, -0.25) is 4.79 Å². The Morgan fingerprint density at radius 3 is 2.65 bits per heavy atom. The fourth-order valence-electron chi connectivity index (χ4n) is 2.29. The smallest absolute Gasteiger partial charge is 0.228 e. The van der Waals surface area contributed by atoms with Gasteiger partial charge in [-0.05, 0) is 30.2 Å².